The van der Waals surface area contributed by atoms with Crippen molar-refractivity contribution in [2.75, 3.05) is 13.2 Å². The third kappa shape index (κ3) is 3.53. The standard InChI is InChI=1S/C14H21NO6/c1-5-20-13(18)9-7(3)15-8(4)10(11(9)12(16)17)14(19)21-6-2/h7,9,11,15H,5-6H2,1-4H3,(H,16,17). The maximum absolute atomic E-state index is 12.1. The summed E-state index contributed by atoms with van der Waals surface area (Å²) in [4.78, 5) is 35.7. The second-order valence-electron chi connectivity index (χ2n) is 4.79. The molecule has 0 bridgehead atoms. The summed E-state index contributed by atoms with van der Waals surface area (Å²) >= 11 is 0. The van der Waals surface area contributed by atoms with E-state index in [4.69, 9.17) is 9.47 Å². The Morgan fingerprint density at radius 3 is 2.24 bits per heavy atom. The predicted molar refractivity (Wildman–Crippen MR) is 73.2 cm³/mol. The summed E-state index contributed by atoms with van der Waals surface area (Å²) < 4.78 is 9.84. The number of carbonyl (C=O) groups is 3. The van der Waals surface area contributed by atoms with Crippen LogP contribution >= 0.6 is 0 Å². The molecule has 0 saturated heterocycles. The van der Waals surface area contributed by atoms with Crippen LogP contribution in [0.3, 0.4) is 0 Å². The molecule has 0 radical (unpaired) electrons. The molecular formula is C14H21NO6. The van der Waals surface area contributed by atoms with E-state index >= 15 is 0 Å². The maximum atomic E-state index is 12.1. The third-order valence-electron chi connectivity index (χ3n) is 3.38. The molecule has 2 N–H and O–H groups in total. The quantitative estimate of drug-likeness (QED) is 0.720. The second kappa shape index (κ2) is 7.10. The number of aliphatic carboxylic acids is 1. The summed E-state index contributed by atoms with van der Waals surface area (Å²) in [6.07, 6.45) is 0. The van der Waals surface area contributed by atoms with E-state index in [0.29, 0.717) is 5.70 Å². The van der Waals surface area contributed by atoms with Crippen LogP contribution in [-0.4, -0.2) is 42.3 Å². The lowest BCUT2D eigenvalue weighted by atomic mass is 9.77. The Hall–Kier alpha value is -2.05. The number of carbonyl (C=O) groups excluding carboxylic acids is 2. The lowest BCUT2D eigenvalue weighted by Gasteiger charge is -2.35. The molecule has 1 aliphatic heterocycles. The molecule has 0 amide bonds. The average Bonchev–Trinajstić information content (AvgIpc) is 2.37. The molecule has 0 fully saturated rings. The van der Waals surface area contributed by atoms with Gasteiger partial charge in [-0.05, 0) is 27.7 Å². The zero-order chi connectivity index (χ0) is 16.2. The van der Waals surface area contributed by atoms with Gasteiger partial charge in [0.05, 0.1) is 24.7 Å². The van der Waals surface area contributed by atoms with Crippen LogP contribution in [0, 0.1) is 11.8 Å². The lowest BCUT2D eigenvalue weighted by molar-refractivity contribution is -0.159. The number of ether oxygens (including phenoxy) is 2. The Kier molecular flexibility index (Phi) is 5.75. The molecule has 0 aromatic heterocycles. The fraction of sp³-hybridized carbons (Fsp3) is 0.643. The Balaban J connectivity index is 3.26. The molecule has 0 aromatic carbocycles. The molecule has 7 heteroatoms. The number of esters is 2. The van der Waals surface area contributed by atoms with Crippen molar-refractivity contribution in [3.8, 4) is 0 Å². The summed E-state index contributed by atoms with van der Waals surface area (Å²) in [6, 6.07) is -0.455. The van der Waals surface area contributed by atoms with Crippen LogP contribution in [0.1, 0.15) is 27.7 Å². The largest absolute Gasteiger partial charge is 0.481 e. The third-order valence-corrected chi connectivity index (χ3v) is 3.38. The van der Waals surface area contributed by atoms with Crippen LogP contribution < -0.4 is 5.32 Å². The number of carboxylic acid groups (broad SMARTS) is 1. The number of nitrogens with one attached hydrogen (secondary N) is 1. The molecule has 3 unspecified atom stereocenters. The monoisotopic (exact) mass is 299 g/mol. The molecule has 1 rings (SSSR count). The van der Waals surface area contributed by atoms with Crippen molar-refractivity contribution in [1.82, 2.24) is 5.32 Å². The fourth-order valence-corrected chi connectivity index (χ4v) is 2.56. The molecular weight excluding hydrogens is 278 g/mol. The van der Waals surface area contributed by atoms with Crippen LogP contribution in [-0.2, 0) is 23.9 Å². The van der Waals surface area contributed by atoms with Gasteiger partial charge in [0.1, 0.15) is 5.92 Å². The minimum atomic E-state index is -1.28. The predicted octanol–water partition coefficient (Wildman–Crippen LogP) is 0.695. The van der Waals surface area contributed by atoms with E-state index in [1.165, 1.54) is 0 Å². The van der Waals surface area contributed by atoms with Gasteiger partial charge in [0.25, 0.3) is 0 Å². The van der Waals surface area contributed by atoms with Crippen molar-refractivity contribution in [3.63, 3.8) is 0 Å². The van der Waals surface area contributed by atoms with Crippen LogP contribution in [0.2, 0.25) is 0 Å². The molecule has 0 saturated carbocycles. The van der Waals surface area contributed by atoms with Crippen LogP contribution in [0.4, 0.5) is 0 Å². The van der Waals surface area contributed by atoms with Crippen molar-refractivity contribution in [3.05, 3.63) is 11.3 Å². The zero-order valence-electron chi connectivity index (χ0n) is 12.6. The first kappa shape index (κ1) is 17.0. The van der Waals surface area contributed by atoms with Crippen molar-refractivity contribution < 1.29 is 29.0 Å². The summed E-state index contributed by atoms with van der Waals surface area (Å²) in [5.74, 6) is -4.87. The molecule has 0 aromatic rings. The molecule has 118 valence electrons. The van der Waals surface area contributed by atoms with Gasteiger partial charge in [0, 0.05) is 11.7 Å². The molecule has 0 aliphatic carbocycles. The van der Waals surface area contributed by atoms with E-state index in [1.807, 2.05) is 0 Å². The van der Waals surface area contributed by atoms with Gasteiger partial charge in [0.2, 0.25) is 0 Å². The highest BCUT2D eigenvalue weighted by atomic mass is 16.5. The highest BCUT2D eigenvalue weighted by Gasteiger charge is 2.47. The van der Waals surface area contributed by atoms with E-state index in [1.54, 1.807) is 27.7 Å². The topological polar surface area (TPSA) is 102 Å². The molecule has 1 aliphatic rings. The van der Waals surface area contributed by atoms with Gasteiger partial charge in [-0.2, -0.15) is 0 Å². The maximum Gasteiger partial charge on any atom is 0.336 e. The van der Waals surface area contributed by atoms with Gasteiger partial charge in [-0.3, -0.25) is 9.59 Å². The van der Waals surface area contributed by atoms with E-state index in [-0.39, 0.29) is 18.8 Å². The summed E-state index contributed by atoms with van der Waals surface area (Å²) in [5.41, 5.74) is 0.384. The number of allylic oxidation sites excluding steroid dienone is 1. The van der Waals surface area contributed by atoms with Crippen molar-refractivity contribution >= 4 is 17.9 Å². The van der Waals surface area contributed by atoms with Crippen molar-refractivity contribution in [1.29, 1.82) is 0 Å². The summed E-state index contributed by atoms with van der Waals surface area (Å²) in [5, 5.41) is 12.4. The number of rotatable bonds is 5. The highest BCUT2D eigenvalue weighted by Crippen LogP contribution is 2.32. The fourth-order valence-electron chi connectivity index (χ4n) is 2.56. The van der Waals surface area contributed by atoms with E-state index in [9.17, 15) is 19.5 Å². The van der Waals surface area contributed by atoms with Gasteiger partial charge in [-0.1, -0.05) is 0 Å². The Morgan fingerprint density at radius 2 is 1.76 bits per heavy atom. The summed E-state index contributed by atoms with van der Waals surface area (Å²) in [7, 11) is 0. The van der Waals surface area contributed by atoms with E-state index < -0.39 is 35.8 Å². The Bertz CT molecular complexity index is 470. The van der Waals surface area contributed by atoms with Gasteiger partial charge < -0.3 is 19.9 Å². The lowest BCUT2D eigenvalue weighted by Crippen LogP contribution is -2.51. The van der Waals surface area contributed by atoms with Gasteiger partial charge in [0.15, 0.2) is 0 Å². The van der Waals surface area contributed by atoms with Crippen LogP contribution in [0.25, 0.3) is 0 Å². The average molecular weight is 299 g/mol. The highest BCUT2D eigenvalue weighted by molar-refractivity contribution is 5.98. The molecule has 0 spiro atoms. The minimum Gasteiger partial charge on any atom is -0.481 e. The first-order valence-corrected chi connectivity index (χ1v) is 6.88. The number of hydrogen-bond donors (Lipinski definition) is 2. The summed E-state index contributed by atoms with van der Waals surface area (Å²) in [6.45, 7) is 6.82. The zero-order valence-corrected chi connectivity index (χ0v) is 12.6. The molecule has 7 nitrogen and oxygen atoms in total. The second-order valence-corrected chi connectivity index (χ2v) is 4.79. The van der Waals surface area contributed by atoms with Gasteiger partial charge in [-0.15, -0.1) is 0 Å². The number of hydrogen-bond acceptors (Lipinski definition) is 6. The van der Waals surface area contributed by atoms with Crippen LogP contribution in [0.5, 0.6) is 0 Å². The SMILES string of the molecule is CCOC(=O)C1=C(C)NC(C)C(C(=O)OCC)C1C(=O)O. The first-order chi connectivity index (χ1) is 9.84. The van der Waals surface area contributed by atoms with E-state index in [0.717, 1.165) is 0 Å². The van der Waals surface area contributed by atoms with E-state index in [2.05, 4.69) is 5.32 Å². The first-order valence-electron chi connectivity index (χ1n) is 6.88. The van der Waals surface area contributed by atoms with Gasteiger partial charge >= 0.3 is 17.9 Å². The van der Waals surface area contributed by atoms with Crippen molar-refractivity contribution in [2.45, 2.75) is 33.7 Å². The Morgan fingerprint density at radius 1 is 1.19 bits per heavy atom. The van der Waals surface area contributed by atoms with Gasteiger partial charge in [-0.25, -0.2) is 4.79 Å². The minimum absolute atomic E-state index is 0.0273. The molecule has 21 heavy (non-hydrogen) atoms. The molecule has 1 heterocycles. The van der Waals surface area contributed by atoms with Crippen molar-refractivity contribution in [2.24, 2.45) is 11.8 Å². The smallest absolute Gasteiger partial charge is 0.336 e. The normalized spacial score (nSPS) is 25.0. The number of carboxylic acids is 1. The molecule has 3 atom stereocenters. The Labute approximate surface area is 123 Å². The van der Waals surface area contributed by atoms with Crippen LogP contribution in [0.15, 0.2) is 11.3 Å².